The first-order valence-corrected chi connectivity index (χ1v) is 14.4. The molecular formula is C16H24N2Si2. The van der Waals surface area contributed by atoms with Crippen molar-refractivity contribution in [2.24, 2.45) is 0 Å². The topological polar surface area (TPSA) is 8.72 Å². The maximum atomic E-state index is 7.47. The molecule has 20 heavy (non-hydrogen) atoms. The van der Waals surface area contributed by atoms with Gasteiger partial charge < -0.3 is 0 Å². The molecule has 0 spiro atoms. The summed E-state index contributed by atoms with van der Waals surface area (Å²) in [6, 6.07) is 6.13. The van der Waals surface area contributed by atoms with Crippen LogP contribution in [0.3, 0.4) is 0 Å². The van der Waals surface area contributed by atoms with Gasteiger partial charge in [0.15, 0.2) is 11.4 Å². The molecule has 0 unspecified atom stereocenters. The zero-order valence-electron chi connectivity index (χ0n) is 13.5. The molecule has 0 atom stereocenters. The van der Waals surface area contributed by atoms with E-state index in [1.165, 1.54) is 0 Å². The van der Waals surface area contributed by atoms with Crippen molar-refractivity contribution in [1.82, 2.24) is 0 Å². The average molecular weight is 301 g/mol. The van der Waals surface area contributed by atoms with E-state index >= 15 is 0 Å². The third-order valence-electron chi connectivity index (χ3n) is 2.98. The normalized spacial score (nSPS) is 11.8. The standard InChI is InChI=1S/C16H24N2Si2/c1-17-15-13(11-19(3,4)5)9-10-14(16(15)18-2)12-20(6,7)8/h9-10H,11-12H2,3-8H3. The third kappa shape index (κ3) is 4.63. The smallest absolute Gasteiger partial charge is 0.197 e. The maximum Gasteiger partial charge on any atom is 0.197 e. The zero-order chi connectivity index (χ0) is 15.6. The molecule has 2 nitrogen and oxygen atoms in total. The summed E-state index contributed by atoms with van der Waals surface area (Å²) in [5.74, 6) is 0. The highest BCUT2D eigenvalue weighted by molar-refractivity contribution is 6.76. The van der Waals surface area contributed by atoms with E-state index in [1.54, 1.807) is 0 Å². The van der Waals surface area contributed by atoms with Crippen molar-refractivity contribution in [2.45, 2.75) is 51.4 Å². The highest BCUT2D eigenvalue weighted by Gasteiger charge is 2.22. The van der Waals surface area contributed by atoms with E-state index in [0.717, 1.165) is 23.2 Å². The van der Waals surface area contributed by atoms with Gasteiger partial charge in [0.25, 0.3) is 0 Å². The van der Waals surface area contributed by atoms with Crippen LogP contribution in [0.1, 0.15) is 11.1 Å². The van der Waals surface area contributed by atoms with Crippen LogP contribution in [0.15, 0.2) is 12.1 Å². The van der Waals surface area contributed by atoms with Crippen LogP contribution in [0.2, 0.25) is 39.3 Å². The van der Waals surface area contributed by atoms with Crippen LogP contribution in [-0.2, 0) is 12.1 Å². The molecule has 1 rings (SSSR count). The molecule has 0 amide bonds. The van der Waals surface area contributed by atoms with Gasteiger partial charge in [-0.15, -0.1) is 0 Å². The lowest BCUT2D eigenvalue weighted by molar-refractivity contribution is 1.27. The summed E-state index contributed by atoms with van der Waals surface area (Å²) in [5.41, 5.74) is 3.37. The van der Waals surface area contributed by atoms with Gasteiger partial charge in [-0.3, -0.25) is 0 Å². The highest BCUT2D eigenvalue weighted by Crippen LogP contribution is 2.38. The SMILES string of the molecule is [C-]#[N+]c1c(C[Si](C)(C)C)ccc(C[Si](C)(C)C)c1[N+]#[C-]. The van der Waals surface area contributed by atoms with Gasteiger partial charge >= 0.3 is 0 Å². The molecule has 0 saturated heterocycles. The molecule has 1 aromatic rings. The summed E-state index contributed by atoms with van der Waals surface area (Å²) in [6.07, 6.45) is 0. The van der Waals surface area contributed by atoms with Crippen molar-refractivity contribution in [3.63, 3.8) is 0 Å². The molecule has 0 aliphatic carbocycles. The maximum absolute atomic E-state index is 7.47. The molecule has 0 aromatic heterocycles. The minimum Gasteiger partial charge on any atom is -0.250 e. The first kappa shape index (κ1) is 16.7. The Kier molecular flexibility index (Phi) is 4.97. The first-order chi connectivity index (χ1) is 9.07. The highest BCUT2D eigenvalue weighted by atomic mass is 28.3. The Hall–Kier alpha value is -1.37. The summed E-state index contributed by atoms with van der Waals surface area (Å²) in [6.45, 7) is 28.7. The molecule has 4 heteroatoms. The third-order valence-corrected chi connectivity index (χ3v) is 5.87. The Morgan fingerprint density at radius 3 is 1.25 bits per heavy atom. The fourth-order valence-electron chi connectivity index (χ4n) is 2.34. The monoisotopic (exact) mass is 300 g/mol. The van der Waals surface area contributed by atoms with Gasteiger partial charge in [0, 0.05) is 16.1 Å². The molecule has 0 aliphatic heterocycles. The van der Waals surface area contributed by atoms with Gasteiger partial charge in [-0.2, -0.15) is 0 Å². The minimum atomic E-state index is -1.28. The zero-order valence-corrected chi connectivity index (χ0v) is 15.5. The Labute approximate surface area is 125 Å². The van der Waals surface area contributed by atoms with E-state index < -0.39 is 16.1 Å². The fraction of sp³-hybridized carbons (Fsp3) is 0.500. The van der Waals surface area contributed by atoms with Crippen LogP contribution >= 0.6 is 0 Å². The molecule has 0 saturated carbocycles. The second-order valence-corrected chi connectivity index (χ2v) is 18.7. The van der Waals surface area contributed by atoms with Gasteiger partial charge in [-0.05, 0) is 12.1 Å². The van der Waals surface area contributed by atoms with E-state index in [2.05, 4.69) is 61.1 Å². The average Bonchev–Trinajstić information content (AvgIpc) is 2.26. The Bertz CT molecular complexity index is 526. The largest absolute Gasteiger partial charge is 0.250 e. The van der Waals surface area contributed by atoms with Gasteiger partial charge in [-0.25, -0.2) is 9.69 Å². The molecule has 0 radical (unpaired) electrons. The number of rotatable bonds is 4. The molecule has 1 aromatic carbocycles. The van der Waals surface area contributed by atoms with Crippen LogP contribution in [0.25, 0.3) is 9.69 Å². The summed E-state index contributed by atoms with van der Waals surface area (Å²) >= 11 is 0. The van der Waals surface area contributed by atoms with E-state index in [4.69, 9.17) is 13.1 Å². The summed E-state index contributed by atoms with van der Waals surface area (Å²) in [4.78, 5) is 7.38. The molecule has 0 aliphatic rings. The van der Waals surface area contributed by atoms with Gasteiger partial charge in [0.05, 0.1) is 13.1 Å². The van der Waals surface area contributed by atoms with Crippen molar-refractivity contribution in [3.05, 3.63) is 46.1 Å². The van der Waals surface area contributed by atoms with E-state index in [0.29, 0.717) is 11.4 Å². The van der Waals surface area contributed by atoms with Gasteiger partial charge in [-0.1, -0.05) is 62.5 Å². The summed E-state index contributed by atoms with van der Waals surface area (Å²) in [7, 11) is -2.57. The molecule has 0 bridgehead atoms. The van der Waals surface area contributed by atoms with Crippen LogP contribution in [0.4, 0.5) is 11.4 Å². The molecule has 106 valence electrons. The van der Waals surface area contributed by atoms with Crippen LogP contribution in [0, 0.1) is 13.1 Å². The molecular weight excluding hydrogens is 276 g/mol. The van der Waals surface area contributed by atoms with Crippen molar-refractivity contribution in [2.75, 3.05) is 0 Å². The van der Waals surface area contributed by atoms with Crippen molar-refractivity contribution < 1.29 is 0 Å². The number of benzene rings is 1. The Morgan fingerprint density at radius 1 is 0.750 bits per heavy atom. The number of hydrogen-bond acceptors (Lipinski definition) is 0. The minimum absolute atomic E-state index is 0.609. The fourth-order valence-corrected chi connectivity index (χ4v) is 5.20. The predicted octanol–water partition coefficient (Wildman–Crippen LogP) is 5.63. The number of nitrogens with zero attached hydrogens (tertiary/aromatic N) is 2. The first-order valence-electron chi connectivity index (χ1n) is 6.97. The van der Waals surface area contributed by atoms with Crippen molar-refractivity contribution in [3.8, 4) is 0 Å². The van der Waals surface area contributed by atoms with Crippen molar-refractivity contribution in [1.29, 1.82) is 0 Å². The molecule has 0 N–H and O–H groups in total. The van der Waals surface area contributed by atoms with Gasteiger partial charge in [0.2, 0.25) is 0 Å². The van der Waals surface area contributed by atoms with E-state index in [1.807, 2.05) is 0 Å². The molecule has 0 fully saturated rings. The Balaban J connectivity index is 3.36. The van der Waals surface area contributed by atoms with Crippen LogP contribution in [-0.4, -0.2) is 16.1 Å². The lowest BCUT2D eigenvalue weighted by atomic mass is 10.1. The summed E-state index contributed by atoms with van der Waals surface area (Å²) < 4.78 is 0. The van der Waals surface area contributed by atoms with Crippen LogP contribution in [0.5, 0.6) is 0 Å². The lowest BCUT2D eigenvalue weighted by Gasteiger charge is -2.21. The Morgan fingerprint density at radius 2 is 1.05 bits per heavy atom. The van der Waals surface area contributed by atoms with E-state index in [9.17, 15) is 0 Å². The van der Waals surface area contributed by atoms with Crippen LogP contribution < -0.4 is 0 Å². The predicted molar refractivity (Wildman–Crippen MR) is 93.1 cm³/mol. The van der Waals surface area contributed by atoms with E-state index in [-0.39, 0.29) is 0 Å². The molecule has 0 heterocycles. The number of hydrogen-bond donors (Lipinski definition) is 0. The van der Waals surface area contributed by atoms with Gasteiger partial charge in [0.1, 0.15) is 0 Å². The second-order valence-electron chi connectivity index (χ2n) is 7.78. The second kappa shape index (κ2) is 5.95. The summed E-state index contributed by atoms with van der Waals surface area (Å²) in [5, 5.41) is 0. The quantitative estimate of drug-likeness (QED) is 0.503. The van der Waals surface area contributed by atoms with Crippen molar-refractivity contribution >= 4 is 27.5 Å². The lowest BCUT2D eigenvalue weighted by Crippen LogP contribution is -2.25.